The molecule has 0 aromatic rings. The molecule has 6 nitrogen and oxygen atoms in total. The number of hydrogen-bond donors (Lipinski definition) is 5. The van der Waals surface area contributed by atoms with Crippen LogP contribution in [0.5, 0.6) is 0 Å². The number of unbranched alkanes of at least 4 members (excludes halogenated alkanes) is 13. The van der Waals surface area contributed by atoms with Gasteiger partial charge in [-0.1, -0.05) is 90.4 Å². The van der Waals surface area contributed by atoms with Gasteiger partial charge in [0.05, 0.1) is 12.6 Å². The minimum atomic E-state index is -1.69. The van der Waals surface area contributed by atoms with Gasteiger partial charge in [-0.15, -0.1) is 0 Å². The fourth-order valence-corrected chi connectivity index (χ4v) is 4.05. The lowest BCUT2D eigenvalue weighted by Crippen LogP contribution is -2.68. The van der Waals surface area contributed by atoms with Gasteiger partial charge in [0.15, 0.2) is 5.79 Å². The summed E-state index contributed by atoms with van der Waals surface area (Å²) in [6, 6.07) is -1.08. The Bertz CT molecular complexity index is 382. The van der Waals surface area contributed by atoms with Crippen molar-refractivity contribution >= 4 is 0 Å². The summed E-state index contributed by atoms with van der Waals surface area (Å²) in [6.07, 6.45) is 14.2. The molecule has 6 heteroatoms. The van der Waals surface area contributed by atoms with Crippen molar-refractivity contribution in [2.45, 2.75) is 133 Å². The predicted molar refractivity (Wildman–Crippen MR) is 112 cm³/mol. The summed E-state index contributed by atoms with van der Waals surface area (Å²) >= 11 is 0. The van der Waals surface area contributed by atoms with Gasteiger partial charge in [0.25, 0.3) is 0 Å². The lowest BCUT2D eigenvalue weighted by Gasteiger charge is -2.46. The molecule has 0 saturated carbocycles. The van der Waals surface area contributed by atoms with Crippen molar-refractivity contribution in [3.63, 3.8) is 0 Å². The van der Waals surface area contributed by atoms with Crippen LogP contribution in [0.25, 0.3) is 0 Å². The molecule has 1 aliphatic heterocycles. The van der Waals surface area contributed by atoms with Gasteiger partial charge in [-0.2, -0.15) is 0 Å². The second kappa shape index (κ2) is 14.7. The zero-order valence-corrected chi connectivity index (χ0v) is 17.9. The van der Waals surface area contributed by atoms with Crippen molar-refractivity contribution in [1.82, 2.24) is 0 Å². The molecule has 1 heterocycles. The highest BCUT2D eigenvalue weighted by Gasteiger charge is 2.50. The summed E-state index contributed by atoms with van der Waals surface area (Å²) in [7, 11) is 0. The lowest BCUT2D eigenvalue weighted by molar-refractivity contribution is -0.316. The number of nitrogens with two attached hydrogens (primary N) is 1. The largest absolute Gasteiger partial charge is 0.394 e. The van der Waals surface area contributed by atoms with Crippen molar-refractivity contribution in [1.29, 1.82) is 0 Å². The van der Waals surface area contributed by atoms with Crippen molar-refractivity contribution in [3.8, 4) is 0 Å². The molecule has 1 aliphatic rings. The van der Waals surface area contributed by atoms with Gasteiger partial charge in [-0.3, -0.25) is 0 Å². The Labute approximate surface area is 171 Å². The molecule has 0 aromatic heterocycles. The van der Waals surface area contributed by atoms with Gasteiger partial charge in [0.1, 0.15) is 18.3 Å². The molecule has 1 saturated heterocycles. The molecule has 6 N–H and O–H groups in total. The first-order valence-corrected chi connectivity index (χ1v) is 11.6. The van der Waals surface area contributed by atoms with Crippen molar-refractivity contribution < 1.29 is 25.2 Å². The van der Waals surface area contributed by atoms with E-state index in [0.29, 0.717) is 6.42 Å². The van der Waals surface area contributed by atoms with Crippen LogP contribution < -0.4 is 5.73 Å². The average molecular weight is 404 g/mol. The molecule has 0 spiro atoms. The summed E-state index contributed by atoms with van der Waals surface area (Å²) in [5.74, 6) is -1.69. The van der Waals surface area contributed by atoms with Crippen LogP contribution >= 0.6 is 0 Å². The average Bonchev–Trinajstić information content (AvgIpc) is 2.69. The van der Waals surface area contributed by atoms with Crippen LogP contribution in [0.1, 0.15) is 103 Å². The van der Waals surface area contributed by atoms with E-state index in [2.05, 4.69) is 6.92 Å². The first kappa shape index (κ1) is 25.8. The monoisotopic (exact) mass is 403 g/mol. The maximum Gasteiger partial charge on any atom is 0.184 e. The van der Waals surface area contributed by atoms with Crippen LogP contribution in [0.3, 0.4) is 0 Å². The molecule has 1 unspecified atom stereocenters. The second-order valence-electron chi connectivity index (χ2n) is 8.54. The molecule has 1 fully saturated rings. The lowest BCUT2D eigenvalue weighted by atomic mass is 9.88. The highest BCUT2D eigenvalue weighted by Crippen LogP contribution is 2.31. The molecule has 0 radical (unpaired) electrons. The second-order valence-corrected chi connectivity index (χ2v) is 8.54. The van der Waals surface area contributed by atoms with Crippen LogP contribution in [0, 0.1) is 0 Å². The minimum absolute atomic E-state index is 0.298. The van der Waals surface area contributed by atoms with E-state index in [0.717, 1.165) is 19.3 Å². The Kier molecular flexibility index (Phi) is 13.5. The highest BCUT2D eigenvalue weighted by atomic mass is 16.6. The predicted octanol–water partition coefficient (Wildman–Crippen LogP) is 2.99. The van der Waals surface area contributed by atoms with Gasteiger partial charge in [-0.05, 0) is 6.42 Å². The Morgan fingerprint density at radius 2 is 1.18 bits per heavy atom. The van der Waals surface area contributed by atoms with Crippen LogP contribution in [-0.2, 0) is 4.74 Å². The fourth-order valence-electron chi connectivity index (χ4n) is 4.05. The topological polar surface area (TPSA) is 116 Å². The van der Waals surface area contributed by atoms with Crippen molar-refractivity contribution in [2.24, 2.45) is 5.73 Å². The third-order valence-electron chi connectivity index (χ3n) is 6.04. The van der Waals surface area contributed by atoms with Crippen molar-refractivity contribution in [3.05, 3.63) is 0 Å². The van der Waals surface area contributed by atoms with Gasteiger partial charge in [0.2, 0.25) is 0 Å². The summed E-state index contributed by atoms with van der Waals surface area (Å²) in [4.78, 5) is 0. The van der Waals surface area contributed by atoms with E-state index in [1.54, 1.807) is 0 Å². The third kappa shape index (κ3) is 9.06. The minimum Gasteiger partial charge on any atom is -0.394 e. The molecule has 5 atom stereocenters. The van der Waals surface area contributed by atoms with Crippen LogP contribution in [0.15, 0.2) is 0 Å². The SMILES string of the molecule is CCCCCCCCCCCCCCCCC1(O)O[C@H](CO)[C@@H](O)[C@H](O)[C@H]1N. The van der Waals surface area contributed by atoms with Crippen LogP contribution in [0.2, 0.25) is 0 Å². The van der Waals surface area contributed by atoms with Gasteiger partial charge >= 0.3 is 0 Å². The zero-order chi connectivity index (χ0) is 20.8. The van der Waals surface area contributed by atoms with Crippen molar-refractivity contribution in [2.75, 3.05) is 6.61 Å². The maximum absolute atomic E-state index is 10.6. The molecular weight excluding hydrogens is 358 g/mol. The van der Waals surface area contributed by atoms with E-state index < -0.39 is 36.7 Å². The molecule has 0 aliphatic carbocycles. The summed E-state index contributed by atoms with van der Waals surface area (Å²) in [5.41, 5.74) is 5.85. The van der Waals surface area contributed by atoms with E-state index in [1.165, 1.54) is 70.6 Å². The molecular formula is C22H45NO5. The maximum atomic E-state index is 10.6. The normalized spacial score (nSPS) is 30.6. The van der Waals surface area contributed by atoms with E-state index in [-0.39, 0.29) is 0 Å². The molecule has 0 amide bonds. The number of rotatable bonds is 16. The first-order valence-electron chi connectivity index (χ1n) is 11.6. The van der Waals surface area contributed by atoms with Crippen LogP contribution in [0.4, 0.5) is 0 Å². The third-order valence-corrected chi connectivity index (χ3v) is 6.04. The summed E-state index contributed by atoms with van der Waals surface area (Å²) < 4.78 is 5.40. The Morgan fingerprint density at radius 1 is 0.750 bits per heavy atom. The quantitative estimate of drug-likeness (QED) is 0.253. The van der Waals surface area contributed by atoms with Gasteiger partial charge < -0.3 is 30.9 Å². The number of aliphatic hydroxyl groups excluding tert-OH is 3. The first-order chi connectivity index (χ1) is 13.5. The molecule has 0 bridgehead atoms. The zero-order valence-electron chi connectivity index (χ0n) is 17.9. The van der Waals surface area contributed by atoms with Gasteiger partial charge in [0, 0.05) is 6.42 Å². The Hall–Kier alpha value is -0.240. The summed E-state index contributed by atoms with van der Waals surface area (Å²) in [5, 5.41) is 39.6. The molecule has 0 aromatic carbocycles. The number of hydrogen-bond acceptors (Lipinski definition) is 6. The standard InChI is InChI=1S/C22H45NO5/c1-2-3-4-5-6-7-8-9-10-11-12-13-14-15-16-22(27)21(23)20(26)19(25)18(17-24)28-22/h18-21,24-27H,2-17,23H2,1H3/t18-,19-,20+,21-,22?/m1/s1. The smallest absolute Gasteiger partial charge is 0.184 e. The highest BCUT2D eigenvalue weighted by molar-refractivity contribution is 4.98. The van der Waals surface area contributed by atoms with E-state index >= 15 is 0 Å². The molecule has 28 heavy (non-hydrogen) atoms. The Balaban J connectivity index is 2.02. The van der Waals surface area contributed by atoms with Crippen LogP contribution in [-0.4, -0.2) is 57.2 Å². The van der Waals surface area contributed by atoms with E-state index in [1.807, 2.05) is 0 Å². The molecule has 168 valence electrons. The Morgan fingerprint density at radius 3 is 1.61 bits per heavy atom. The van der Waals surface area contributed by atoms with E-state index in [4.69, 9.17) is 10.5 Å². The number of aliphatic hydroxyl groups is 4. The van der Waals surface area contributed by atoms with E-state index in [9.17, 15) is 20.4 Å². The van der Waals surface area contributed by atoms with Gasteiger partial charge in [-0.25, -0.2) is 0 Å². The fraction of sp³-hybridized carbons (Fsp3) is 1.00. The molecule has 1 rings (SSSR count). The summed E-state index contributed by atoms with van der Waals surface area (Å²) in [6.45, 7) is 1.79. The number of ether oxygens (including phenoxy) is 1.